The highest BCUT2D eigenvalue weighted by Crippen LogP contribution is 2.21. The van der Waals surface area contributed by atoms with Crippen LogP contribution in [0.4, 0.5) is 0 Å². The first-order chi connectivity index (χ1) is 10.2. The van der Waals surface area contributed by atoms with Gasteiger partial charge in [-0.25, -0.2) is 4.98 Å². The smallest absolute Gasteiger partial charge is 0.166 e. The van der Waals surface area contributed by atoms with Crippen LogP contribution in [0.15, 0.2) is 47.6 Å². The predicted molar refractivity (Wildman–Crippen MR) is 82.4 cm³/mol. The molecule has 0 fully saturated rings. The first kappa shape index (κ1) is 13.8. The SMILES string of the molecule is Cc1ccc(-n2nnnc2CSc2ccccn2)c(C)c1. The maximum Gasteiger partial charge on any atom is 0.166 e. The Morgan fingerprint density at radius 3 is 2.81 bits per heavy atom. The van der Waals surface area contributed by atoms with Gasteiger partial charge in [0.25, 0.3) is 0 Å². The lowest BCUT2D eigenvalue weighted by Crippen LogP contribution is -2.04. The molecule has 0 aliphatic rings. The minimum atomic E-state index is 0.678. The van der Waals surface area contributed by atoms with E-state index in [9.17, 15) is 0 Å². The molecule has 3 aromatic rings. The van der Waals surface area contributed by atoms with E-state index in [0.29, 0.717) is 5.75 Å². The summed E-state index contributed by atoms with van der Waals surface area (Å²) in [5.74, 6) is 1.50. The van der Waals surface area contributed by atoms with Crippen molar-refractivity contribution in [2.75, 3.05) is 0 Å². The molecule has 5 nitrogen and oxygen atoms in total. The summed E-state index contributed by atoms with van der Waals surface area (Å²) in [6.07, 6.45) is 1.79. The van der Waals surface area contributed by atoms with Gasteiger partial charge < -0.3 is 0 Å². The molecule has 0 bridgehead atoms. The zero-order valence-electron chi connectivity index (χ0n) is 11.9. The average molecular weight is 297 g/mol. The summed E-state index contributed by atoms with van der Waals surface area (Å²) >= 11 is 1.62. The average Bonchev–Trinajstić information content (AvgIpc) is 2.94. The van der Waals surface area contributed by atoms with Crippen molar-refractivity contribution < 1.29 is 0 Å². The molecule has 0 N–H and O–H groups in total. The molecule has 3 rings (SSSR count). The van der Waals surface area contributed by atoms with Gasteiger partial charge in [-0.1, -0.05) is 35.5 Å². The van der Waals surface area contributed by atoms with Gasteiger partial charge in [-0.05, 0) is 48.0 Å². The van der Waals surface area contributed by atoms with E-state index in [2.05, 4.69) is 52.6 Å². The van der Waals surface area contributed by atoms with Crippen molar-refractivity contribution in [1.29, 1.82) is 0 Å². The summed E-state index contributed by atoms with van der Waals surface area (Å²) in [5, 5.41) is 13.0. The van der Waals surface area contributed by atoms with E-state index in [1.165, 1.54) is 5.56 Å². The second-order valence-corrected chi connectivity index (χ2v) is 5.75. The number of rotatable bonds is 4. The molecule has 0 atom stereocenters. The van der Waals surface area contributed by atoms with Crippen molar-refractivity contribution in [3.63, 3.8) is 0 Å². The van der Waals surface area contributed by atoms with Crippen molar-refractivity contribution in [1.82, 2.24) is 25.2 Å². The lowest BCUT2D eigenvalue weighted by Gasteiger charge is -2.08. The lowest BCUT2D eigenvalue weighted by atomic mass is 10.1. The molecular weight excluding hydrogens is 282 g/mol. The van der Waals surface area contributed by atoms with Gasteiger partial charge in [-0.3, -0.25) is 0 Å². The van der Waals surface area contributed by atoms with Crippen molar-refractivity contribution in [2.24, 2.45) is 0 Å². The number of pyridine rings is 1. The number of tetrazole rings is 1. The summed E-state index contributed by atoms with van der Waals surface area (Å²) in [6, 6.07) is 12.1. The highest BCUT2D eigenvalue weighted by atomic mass is 32.2. The zero-order chi connectivity index (χ0) is 14.7. The van der Waals surface area contributed by atoms with Gasteiger partial charge in [0.05, 0.1) is 16.5 Å². The van der Waals surface area contributed by atoms with Crippen LogP contribution in [-0.4, -0.2) is 25.2 Å². The zero-order valence-corrected chi connectivity index (χ0v) is 12.7. The molecule has 0 saturated heterocycles. The number of hydrogen-bond acceptors (Lipinski definition) is 5. The minimum Gasteiger partial charge on any atom is -0.250 e. The van der Waals surface area contributed by atoms with Crippen molar-refractivity contribution in [3.05, 3.63) is 59.5 Å². The third kappa shape index (κ3) is 3.11. The van der Waals surface area contributed by atoms with Crippen LogP contribution in [0.5, 0.6) is 0 Å². The normalized spacial score (nSPS) is 10.8. The predicted octanol–water partition coefficient (Wildman–Crippen LogP) is 2.97. The Labute approximate surface area is 127 Å². The number of nitrogens with zero attached hydrogens (tertiary/aromatic N) is 5. The van der Waals surface area contributed by atoms with E-state index < -0.39 is 0 Å². The summed E-state index contributed by atoms with van der Waals surface area (Å²) < 4.78 is 1.80. The Hall–Kier alpha value is -2.21. The maximum absolute atomic E-state index is 4.29. The fourth-order valence-corrected chi connectivity index (χ4v) is 2.86. The molecule has 0 unspecified atom stereocenters. The van der Waals surface area contributed by atoms with E-state index in [0.717, 1.165) is 22.1 Å². The van der Waals surface area contributed by atoms with Gasteiger partial charge in [0.1, 0.15) is 0 Å². The van der Waals surface area contributed by atoms with Crippen LogP contribution in [0, 0.1) is 13.8 Å². The molecule has 0 aliphatic carbocycles. The third-order valence-corrected chi connectivity index (χ3v) is 4.04. The number of benzene rings is 1. The van der Waals surface area contributed by atoms with E-state index in [1.807, 2.05) is 18.2 Å². The van der Waals surface area contributed by atoms with Gasteiger partial charge in [0.15, 0.2) is 5.82 Å². The van der Waals surface area contributed by atoms with Gasteiger partial charge >= 0.3 is 0 Å². The Balaban J connectivity index is 1.84. The van der Waals surface area contributed by atoms with Crippen LogP contribution in [0.25, 0.3) is 5.69 Å². The van der Waals surface area contributed by atoms with Crippen LogP contribution in [0.2, 0.25) is 0 Å². The van der Waals surface area contributed by atoms with Crippen LogP contribution >= 0.6 is 11.8 Å². The number of thioether (sulfide) groups is 1. The number of aromatic nitrogens is 5. The standard InChI is InChI=1S/C15H15N5S/c1-11-6-7-13(12(2)9-11)20-14(17-18-19-20)10-21-15-5-3-4-8-16-15/h3-9H,10H2,1-2H3. The molecule has 0 spiro atoms. The topological polar surface area (TPSA) is 56.5 Å². The molecule has 106 valence electrons. The molecule has 0 saturated carbocycles. The highest BCUT2D eigenvalue weighted by molar-refractivity contribution is 7.98. The Bertz CT molecular complexity index is 739. The largest absolute Gasteiger partial charge is 0.250 e. The van der Waals surface area contributed by atoms with E-state index in [1.54, 1.807) is 22.6 Å². The highest BCUT2D eigenvalue weighted by Gasteiger charge is 2.11. The van der Waals surface area contributed by atoms with Gasteiger partial charge in [-0.15, -0.1) is 5.10 Å². The summed E-state index contributed by atoms with van der Waals surface area (Å²) in [4.78, 5) is 4.29. The number of aryl methyl sites for hydroxylation is 2. The summed E-state index contributed by atoms with van der Waals surface area (Å²) in [5.41, 5.74) is 3.40. The molecule has 0 amide bonds. The van der Waals surface area contributed by atoms with Crippen LogP contribution in [-0.2, 0) is 5.75 Å². The second-order valence-electron chi connectivity index (χ2n) is 4.75. The quantitative estimate of drug-likeness (QED) is 0.693. The maximum atomic E-state index is 4.29. The molecule has 2 aromatic heterocycles. The van der Waals surface area contributed by atoms with Gasteiger partial charge in [0, 0.05) is 6.20 Å². The Morgan fingerprint density at radius 1 is 1.14 bits per heavy atom. The van der Waals surface area contributed by atoms with Gasteiger partial charge in [-0.2, -0.15) is 4.68 Å². The van der Waals surface area contributed by atoms with E-state index >= 15 is 0 Å². The Kier molecular flexibility index (Phi) is 3.96. The monoisotopic (exact) mass is 297 g/mol. The van der Waals surface area contributed by atoms with Crippen molar-refractivity contribution >= 4 is 11.8 Å². The first-order valence-electron chi connectivity index (χ1n) is 6.63. The van der Waals surface area contributed by atoms with Crippen molar-refractivity contribution in [2.45, 2.75) is 24.6 Å². The molecular formula is C15H15N5S. The van der Waals surface area contributed by atoms with E-state index in [4.69, 9.17) is 0 Å². The molecule has 0 radical (unpaired) electrons. The Morgan fingerprint density at radius 2 is 2.05 bits per heavy atom. The molecule has 6 heteroatoms. The lowest BCUT2D eigenvalue weighted by molar-refractivity contribution is 0.773. The molecule has 2 heterocycles. The molecule has 21 heavy (non-hydrogen) atoms. The fraction of sp³-hybridized carbons (Fsp3) is 0.200. The summed E-state index contributed by atoms with van der Waals surface area (Å²) in [7, 11) is 0. The minimum absolute atomic E-state index is 0.678. The van der Waals surface area contributed by atoms with Crippen LogP contribution in [0.3, 0.4) is 0 Å². The van der Waals surface area contributed by atoms with Crippen molar-refractivity contribution in [3.8, 4) is 5.69 Å². The first-order valence-corrected chi connectivity index (χ1v) is 7.61. The van der Waals surface area contributed by atoms with E-state index in [-0.39, 0.29) is 0 Å². The van der Waals surface area contributed by atoms with Crippen LogP contribution in [0.1, 0.15) is 17.0 Å². The summed E-state index contributed by atoms with van der Waals surface area (Å²) in [6.45, 7) is 4.15. The molecule has 1 aromatic carbocycles. The second kappa shape index (κ2) is 6.05. The van der Waals surface area contributed by atoms with Gasteiger partial charge in [0.2, 0.25) is 0 Å². The fourth-order valence-electron chi connectivity index (χ4n) is 2.10. The number of hydrogen-bond donors (Lipinski definition) is 0. The van der Waals surface area contributed by atoms with Crippen LogP contribution < -0.4 is 0 Å². The third-order valence-electron chi connectivity index (χ3n) is 3.10. The molecule has 0 aliphatic heterocycles.